The van der Waals surface area contributed by atoms with Crippen LogP contribution in [0.4, 0.5) is 18.9 Å². The van der Waals surface area contributed by atoms with E-state index in [2.05, 4.69) is 4.98 Å². The average Bonchev–Trinajstić information content (AvgIpc) is 2.28. The monoisotopic (exact) mass is 259 g/mol. The molecule has 2 N–H and O–H groups in total. The molecule has 0 bridgehead atoms. The second-order valence-corrected chi connectivity index (χ2v) is 4.67. The first-order valence-corrected chi connectivity index (χ1v) is 5.94. The van der Waals surface area contributed by atoms with Crippen LogP contribution in [0.5, 0.6) is 0 Å². The summed E-state index contributed by atoms with van der Waals surface area (Å²) >= 11 is 0. The number of hydrogen-bond acceptors (Lipinski definition) is 3. The van der Waals surface area contributed by atoms with Crippen LogP contribution in [-0.2, 0) is 6.54 Å². The molecule has 1 fully saturated rings. The molecule has 3 nitrogen and oxygen atoms in total. The maximum absolute atomic E-state index is 12.5. The van der Waals surface area contributed by atoms with Crippen LogP contribution in [0.2, 0.25) is 0 Å². The number of halogens is 3. The lowest BCUT2D eigenvalue weighted by atomic mass is 9.96. The van der Waals surface area contributed by atoms with Crippen LogP contribution in [0.25, 0.3) is 0 Å². The van der Waals surface area contributed by atoms with Gasteiger partial charge in [0, 0.05) is 18.4 Å². The standard InChI is InChI=1S/C12H16F3N3/c13-12(14,15)9-2-5-18(6-3-9)8-11-7-10(16)1-4-17-11/h1,4,7,9H,2-3,5-6,8H2,(H2,16,17). The minimum atomic E-state index is -4.05. The molecule has 1 aliphatic rings. The van der Waals surface area contributed by atoms with E-state index in [9.17, 15) is 13.2 Å². The quantitative estimate of drug-likeness (QED) is 0.887. The summed E-state index contributed by atoms with van der Waals surface area (Å²) in [5, 5.41) is 0. The van der Waals surface area contributed by atoms with E-state index in [1.807, 2.05) is 4.90 Å². The van der Waals surface area contributed by atoms with Gasteiger partial charge in [0.2, 0.25) is 0 Å². The highest BCUT2D eigenvalue weighted by molar-refractivity contribution is 5.37. The van der Waals surface area contributed by atoms with Crippen LogP contribution < -0.4 is 5.73 Å². The molecule has 0 aliphatic carbocycles. The minimum absolute atomic E-state index is 0.172. The van der Waals surface area contributed by atoms with Gasteiger partial charge < -0.3 is 5.73 Å². The summed E-state index contributed by atoms with van der Waals surface area (Å²) in [6.07, 6.45) is -2.09. The Hall–Kier alpha value is -1.30. The van der Waals surface area contributed by atoms with Crippen molar-refractivity contribution in [1.82, 2.24) is 9.88 Å². The van der Waals surface area contributed by atoms with Crippen molar-refractivity contribution < 1.29 is 13.2 Å². The number of anilines is 1. The van der Waals surface area contributed by atoms with Gasteiger partial charge >= 0.3 is 6.18 Å². The third-order valence-corrected chi connectivity index (χ3v) is 3.28. The number of alkyl halides is 3. The van der Waals surface area contributed by atoms with Crippen molar-refractivity contribution in [1.29, 1.82) is 0 Å². The molecule has 0 aromatic carbocycles. The molecule has 0 saturated carbocycles. The molecule has 1 saturated heterocycles. The molecule has 2 rings (SSSR count). The number of likely N-dealkylation sites (tertiary alicyclic amines) is 1. The highest BCUT2D eigenvalue weighted by atomic mass is 19.4. The van der Waals surface area contributed by atoms with Gasteiger partial charge in [-0.3, -0.25) is 9.88 Å². The Balaban J connectivity index is 1.87. The number of rotatable bonds is 2. The van der Waals surface area contributed by atoms with E-state index in [-0.39, 0.29) is 12.8 Å². The van der Waals surface area contributed by atoms with E-state index in [1.54, 1.807) is 18.3 Å². The predicted molar refractivity (Wildman–Crippen MR) is 62.7 cm³/mol. The summed E-state index contributed by atoms with van der Waals surface area (Å²) in [4.78, 5) is 6.15. The minimum Gasteiger partial charge on any atom is -0.399 e. The predicted octanol–water partition coefficient (Wildman–Crippen LogP) is 2.44. The Labute approximate surface area is 104 Å². The molecule has 1 aliphatic heterocycles. The average molecular weight is 259 g/mol. The van der Waals surface area contributed by atoms with E-state index in [1.165, 1.54) is 0 Å². The van der Waals surface area contributed by atoms with Gasteiger partial charge in [0.15, 0.2) is 0 Å². The number of nitrogens with zero attached hydrogens (tertiary/aromatic N) is 2. The molecule has 1 aromatic heterocycles. The van der Waals surface area contributed by atoms with Crippen LogP contribution in [0.15, 0.2) is 18.3 Å². The highest BCUT2D eigenvalue weighted by Gasteiger charge is 2.40. The van der Waals surface area contributed by atoms with Crippen LogP contribution in [0.3, 0.4) is 0 Å². The lowest BCUT2D eigenvalue weighted by Gasteiger charge is -2.32. The normalized spacial score (nSPS) is 19.1. The van der Waals surface area contributed by atoms with E-state index in [0.29, 0.717) is 25.3 Å². The van der Waals surface area contributed by atoms with Gasteiger partial charge in [0.1, 0.15) is 0 Å². The first-order valence-electron chi connectivity index (χ1n) is 5.94. The van der Waals surface area contributed by atoms with Crippen molar-refractivity contribution in [3.63, 3.8) is 0 Å². The molecule has 0 unspecified atom stereocenters. The van der Waals surface area contributed by atoms with E-state index >= 15 is 0 Å². The number of piperidine rings is 1. The topological polar surface area (TPSA) is 42.1 Å². The Morgan fingerprint density at radius 3 is 2.56 bits per heavy atom. The maximum Gasteiger partial charge on any atom is 0.391 e. The molecule has 0 spiro atoms. The van der Waals surface area contributed by atoms with Gasteiger partial charge in [-0.1, -0.05) is 0 Å². The third-order valence-electron chi connectivity index (χ3n) is 3.28. The Kier molecular flexibility index (Phi) is 3.75. The Morgan fingerprint density at radius 2 is 2.00 bits per heavy atom. The molecular formula is C12H16F3N3. The van der Waals surface area contributed by atoms with E-state index < -0.39 is 12.1 Å². The lowest BCUT2D eigenvalue weighted by Crippen LogP contribution is -2.38. The highest BCUT2D eigenvalue weighted by Crippen LogP contribution is 2.34. The maximum atomic E-state index is 12.5. The molecule has 0 atom stereocenters. The smallest absolute Gasteiger partial charge is 0.391 e. The zero-order valence-electron chi connectivity index (χ0n) is 9.95. The molecular weight excluding hydrogens is 243 g/mol. The van der Waals surface area contributed by atoms with Crippen molar-refractivity contribution >= 4 is 5.69 Å². The SMILES string of the molecule is Nc1ccnc(CN2CCC(C(F)(F)F)CC2)c1. The molecule has 1 aromatic rings. The fourth-order valence-electron chi connectivity index (χ4n) is 2.23. The third kappa shape index (κ3) is 3.35. The second kappa shape index (κ2) is 5.14. The summed E-state index contributed by atoms with van der Waals surface area (Å²) in [6, 6.07) is 3.45. The number of aromatic nitrogens is 1. The Bertz CT molecular complexity index is 398. The molecule has 0 radical (unpaired) electrons. The van der Waals surface area contributed by atoms with Crippen LogP contribution in [0, 0.1) is 5.92 Å². The van der Waals surface area contributed by atoms with Crippen LogP contribution in [-0.4, -0.2) is 29.1 Å². The number of hydrogen-bond donors (Lipinski definition) is 1. The zero-order chi connectivity index (χ0) is 13.2. The summed E-state index contributed by atoms with van der Waals surface area (Å²) < 4.78 is 37.5. The first kappa shape index (κ1) is 13.1. The molecule has 6 heteroatoms. The number of nitrogen functional groups attached to an aromatic ring is 1. The molecule has 18 heavy (non-hydrogen) atoms. The van der Waals surface area contributed by atoms with Gasteiger partial charge in [-0.05, 0) is 38.1 Å². The van der Waals surface area contributed by atoms with E-state index in [0.717, 1.165) is 5.69 Å². The van der Waals surface area contributed by atoms with Crippen molar-refractivity contribution in [2.24, 2.45) is 5.92 Å². The van der Waals surface area contributed by atoms with Gasteiger partial charge in [0.05, 0.1) is 11.6 Å². The lowest BCUT2D eigenvalue weighted by molar-refractivity contribution is -0.185. The molecule has 2 heterocycles. The number of pyridine rings is 1. The van der Waals surface area contributed by atoms with Crippen molar-refractivity contribution in [3.05, 3.63) is 24.0 Å². The van der Waals surface area contributed by atoms with Crippen molar-refractivity contribution in [2.45, 2.75) is 25.6 Å². The van der Waals surface area contributed by atoms with Crippen LogP contribution in [0.1, 0.15) is 18.5 Å². The van der Waals surface area contributed by atoms with E-state index in [4.69, 9.17) is 5.73 Å². The van der Waals surface area contributed by atoms with Gasteiger partial charge in [-0.25, -0.2) is 0 Å². The zero-order valence-corrected chi connectivity index (χ0v) is 9.95. The fourth-order valence-corrected chi connectivity index (χ4v) is 2.23. The van der Waals surface area contributed by atoms with Gasteiger partial charge in [0.25, 0.3) is 0 Å². The number of nitrogens with two attached hydrogens (primary N) is 1. The van der Waals surface area contributed by atoms with Crippen molar-refractivity contribution in [2.75, 3.05) is 18.8 Å². The summed E-state index contributed by atoms with van der Waals surface area (Å²) in [5.74, 6) is -1.15. The summed E-state index contributed by atoms with van der Waals surface area (Å²) in [7, 11) is 0. The van der Waals surface area contributed by atoms with Crippen molar-refractivity contribution in [3.8, 4) is 0 Å². The van der Waals surface area contributed by atoms with Gasteiger partial charge in [-0.15, -0.1) is 0 Å². The largest absolute Gasteiger partial charge is 0.399 e. The Morgan fingerprint density at radius 1 is 1.33 bits per heavy atom. The second-order valence-electron chi connectivity index (χ2n) is 4.67. The fraction of sp³-hybridized carbons (Fsp3) is 0.583. The van der Waals surface area contributed by atoms with Gasteiger partial charge in [-0.2, -0.15) is 13.2 Å². The molecule has 0 amide bonds. The summed E-state index contributed by atoms with van der Waals surface area (Å²) in [6.45, 7) is 1.48. The summed E-state index contributed by atoms with van der Waals surface area (Å²) in [5.41, 5.74) is 7.07. The molecule has 100 valence electrons. The van der Waals surface area contributed by atoms with Crippen LogP contribution >= 0.6 is 0 Å². The first-order chi connectivity index (χ1) is 8.45.